The zero-order chi connectivity index (χ0) is 13.9. The van der Waals surface area contributed by atoms with Crippen LogP contribution >= 0.6 is 27.3 Å². The normalized spacial score (nSPS) is 16.1. The second kappa shape index (κ2) is 6.05. The number of rotatable bonds is 7. The number of hydrogen-bond donors (Lipinski definition) is 2. The Kier molecular flexibility index (Phi) is 4.62. The minimum Gasteiger partial charge on any atom is -0.481 e. The van der Waals surface area contributed by atoms with Gasteiger partial charge in [0, 0.05) is 17.8 Å². The van der Waals surface area contributed by atoms with Crippen LogP contribution < -0.4 is 5.32 Å². The van der Waals surface area contributed by atoms with Crippen LogP contribution in [0.1, 0.15) is 30.6 Å². The monoisotopic (exact) mass is 345 g/mol. The lowest BCUT2D eigenvalue weighted by Crippen LogP contribution is -2.34. The minimum absolute atomic E-state index is 0.0526. The highest BCUT2D eigenvalue weighted by molar-refractivity contribution is 9.11. The van der Waals surface area contributed by atoms with E-state index in [0.29, 0.717) is 19.3 Å². The Balaban J connectivity index is 1.64. The molecule has 1 aliphatic carbocycles. The van der Waals surface area contributed by atoms with Crippen molar-refractivity contribution in [1.82, 2.24) is 5.32 Å². The van der Waals surface area contributed by atoms with Crippen LogP contribution in [0.15, 0.2) is 15.9 Å². The molecule has 6 heteroatoms. The number of halogens is 1. The maximum absolute atomic E-state index is 11.6. The summed E-state index contributed by atoms with van der Waals surface area (Å²) in [6.07, 6.45) is 3.47. The van der Waals surface area contributed by atoms with Gasteiger partial charge < -0.3 is 10.4 Å². The molecule has 4 nitrogen and oxygen atoms in total. The van der Waals surface area contributed by atoms with E-state index in [-0.39, 0.29) is 12.5 Å². The fourth-order valence-corrected chi connectivity index (χ4v) is 3.41. The first kappa shape index (κ1) is 14.5. The van der Waals surface area contributed by atoms with Crippen molar-refractivity contribution in [1.29, 1.82) is 0 Å². The highest BCUT2D eigenvalue weighted by Crippen LogP contribution is 2.45. The van der Waals surface area contributed by atoms with Crippen LogP contribution in [0.3, 0.4) is 0 Å². The predicted molar refractivity (Wildman–Crippen MR) is 77.3 cm³/mol. The molecule has 2 rings (SSSR count). The SMILES string of the molecule is O=C(CCCc1ccc(Br)s1)NCC1(C(=O)O)CC1. The fourth-order valence-electron chi connectivity index (χ4n) is 1.88. The van der Waals surface area contributed by atoms with Crippen LogP contribution in [-0.2, 0) is 16.0 Å². The van der Waals surface area contributed by atoms with Crippen molar-refractivity contribution in [3.63, 3.8) is 0 Å². The standard InChI is InChI=1S/C13H16BrNO3S/c14-10-5-4-9(19-10)2-1-3-11(16)15-8-13(6-7-13)12(17)18/h4-5H,1-3,6-8H2,(H,15,16)(H,17,18). The zero-order valence-corrected chi connectivity index (χ0v) is 12.8. The van der Waals surface area contributed by atoms with E-state index in [2.05, 4.69) is 27.3 Å². The third-order valence-electron chi connectivity index (χ3n) is 3.39. The molecule has 1 fully saturated rings. The van der Waals surface area contributed by atoms with Gasteiger partial charge in [-0.25, -0.2) is 0 Å². The smallest absolute Gasteiger partial charge is 0.311 e. The summed E-state index contributed by atoms with van der Waals surface area (Å²) in [4.78, 5) is 23.8. The predicted octanol–water partition coefficient (Wildman–Crippen LogP) is 2.81. The summed E-state index contributed by atoms with van der Waals surface area (Å²) in [7, 11) is 0. The van der Waals surface area contributed by atoms with Crippen molar-refractivity contribution in [3.8, 4) is 0 Å². The van der Waals surface area contributed by atoms with Gasteiger partial charge in [-0.05, 0) is 53.7 Å². The Morgan fingerprint density at radius 2 is 2.16 bits per heavy atom. The molecule has 0 aliphatic heterocycles. The molecule has 0 bridgehead atoms. The molecule has 0 aromatic carbocycles. The molecule has 19 heavy (non-hydrogen) atoms. The number of hydrogen-bond acceptors (Lipinski definition) is 3. The van der Waals surface area contributed by atoms with Gasteiger partial charge in [0.15, 0.2) is 0 Å². The number of aryl methyl sites for hydroxylation is 1. The Hall–Kier alpha value is -0.880. The molecule has 104 valence electrons. The highest BCUT2D eigenvalue weighted by Gasteiger charge is 2.50. The molecule has 1 saturated carbocycles. The summed E-state index contributed by atoms with van der Waals surface area (Å²) in [6, 6.07) is 4.06. The second-order valence-corrected chi connectivity index (χ2v) is 7.47. The van der Waals surface area contributed by atoms with Crippen LogP contribution in [0.4, 0.5) is 0 Å². The Bertz CT molecular complexity index is 482. The lowest BCUT2D eigenvalue weighted by Gasteiger charge is -2.10. The molecule has 1 aromatic heterocycles. The molecule has 0 unspecified atom stereocenters. The van der Waals surface area contributed by atoms with Crippen molar-refractivity contribution in [2.45, 2.75) is 32.1 Å². The number of amides is 1. The average molecular weight is 346 g/mol. The summed E-state index contributed by atoms with van der Waals surface area (Å²) < 4.78 is 1.10. The van der Waals surface area contributed by atoms with E-state index in [4.69, 9.17) is 5.11 Å². The summed E-state index contributed by atoms with van der Waals surface area (Å²) in [5.74, 6) is -0.848. The van der Waals surface area contributed by atoms with Gasteiger partial charge in [-0.3, -0.25) is 9.59 Å². The molecule has 0 radical (unpaired) electrons. The van der Waals surface area contributed by atoms with Gasteiger partial charge in [0.05, 0.1) is 9.20 Å². The van der Waals surface area contributed by atoms with Gasteiger partial charge in [-0.15, -0.1) is 11.3 Å². The maximum Gasteiger partial charge on any atom is 0.311 e. The van der Waals surface area contributed by atoms with E-state index in [1.54, 1.807) is 11.3 Å². The van der Waals surface area contributed by atoms with Crippen molar-refractivity contribution in [3.05, 3.63) is 20.8 Å². The topological polar surface area (TPSA) is 66.4 Å². The molecule has 0 spiro atoms. The lowest BCUT2D eigenvalue weighted by molar-refractivity contribution is -0.143. The third kappa shape index (κ3) is 4.04. The largest absolute Gasteiger partial charge is 0.481 e. The molecule has 0 saturated heterocycles. The average Bonchev–Trinajstić information content (AvgIpc) is 3.05. The van der Waals surface area contributed by atoms with Crippen LogP contribution in [0, 0.1) is 5.41 Å². The van der Waals surface area contributed by atoms with Crippen LogP contribution in [-0.4, -0.2) is 23.5 Å². The Morgan fingerprint density at radius 1 is 1.42 bits per heavy atom. The van der Waals surface area contributed by atoms with Gasteiger partial charge in [0.1, 0.15) is 0 Å². The number of nitrogens with one attached hydrogen (secondary N) is 1. The molecular formula is C13H16BrNO3S. The van der Waals surface area contributed by atoms with Crippen LogP contribution in [0.25, 0.3) is 0 Å². The number of thiophene rings is 1. The first-order valence-electron chi connectivity index (χ1n) is 6.26. The van der Waals surface area contributed by atoms with E-state index >= 15 is 0 Å². The molecule has 0 atom stereocenters. The van der Waals surface area contributed by atoms with Gasteiger partial charge in [0.25, 0.3) is 0 Å². The van der Waals surface area contributed by atoms with E-state index in [1.807, 2.05) is 6.07 Å². The fraction of sp³-hybridized carbons (Fsp3) is 0.538. The lowest BCUT2D eigenvalue weighted by atomic mass is 10.1. The Morgan fingerprint density at radius 3 is 2.68 bits per heavy atom. The van der Waals surface area contributed by atoms with E-state index in [0.717, 1.165) is 16.6 Å². The number of carboxylic acids is 1. The van der Waals surface area contributed by atoms with Gasteiger partial charge in [-0.1, -0.05) is 0 Å². The van der Waals surface area contributed by atoms with Crippen LogP contribution in [0.2, 0.25) is 0 Å². The number of carbonyl (C=O) groups excluding carboxylic acids is 1. The highest BCUT2D eigenvalue weighted by atomic mass is 79.9. The van der Waals surface area contributed by atoms with Gasteiger partial charge in [-0.2, -0.15) is 0 Å². The van der Waals surface area contributed by atoms with E-state index in [1.165, 1.54) is 4.88 Å². The second-order valence-electron chi connectivity index (χ2n) is 4.92. The molecule has 1 heterocycles. The molecular weight excluding hydrogens is 330 g/mol. The quantitative estimate of drug-likeness (QED) is 0.798. The summed E-state index contributed by atoms with van der Waals surface area (Å²) in [5.41, 5.74) is -0.672. The van der Waals surface area contributed by atoms with Crippen molar-refractivity contribution in [2.24, 2.45) is 5.41 Å². The van der Waals surface area contributed by atoms with Crippen LogP contribution in [0.5, 0.6) is 0 Å². The Labute approximate surface area is 124 Å². The number of carboxylic acid groups (broad SMARTS) is 1. The summed E-state index contributed by atoms with van der Waals surface area (Å²) >= 11 is 5.08. The minimum atomic E-state index is -0.795. The van der Waals surface area contributed by atoms with Crippen molar-refractivity contribution < 1.29 is 14.7 Å². The number of carbonyl (C=O) groups is 2. The summed E-state index contributed by atoms with van der Waals surface area (Å²) in [5, 5.41) is 11.7. The van der Waals surface area contributed by atoms with Gasteiger partial charge >= 0.3 is 5.97 Å². The van der Waals surface area contributed by atoms with E-state index in [9.17, 15) is 9.59 Å². The zero-order valence-electron chi connectivity index (χ0n) is 10.4. The maximum atomic E-state index is 11.6. The molecule has 1 aromatic rings. The van der Waals surface area contributed by atoms with Gasteiger partial charge in [0.2, 0.25) is 5.91 Å². The molecule has 1 aliphatic rings. The first-order chi connectivity index (χ1) is 9.02. The van der Waals surface area contributed by atoms with Crippen molar-refractivity contribution in [2.75, 3.05) is 6.54 Å². The molecule has 1 amide bonds. The first-order valence-corrected chi connectivity index (χ1v) is 7.87. The van der Waals surface area contributed by atoms with Crippen molar-refractivity contribution >= 4 is 39.1 Å². The molecule has 2 N–H and O–H groups in total. The number of aliphatic carboxylic acids is 1. The summed E-state index contributed by atoms with van der Waals surface area (Å²) in [6.45, 7) is 0.270. The third-order valence-corrected chi connectivity index (χ3v) is 5.07. The van der Waals surface area contributed by atoms with E-state index < -0.39 is 11.4 Å².